The lowest BCUT2D eigenvalue weighted by molar-refractivity contribution is 0.562. The first-order valence-electron chi connectivity index (χ1n) is 4.48. The molecule has 1 rings (SSSR count). The van der Waals surface area contributed by atoms with Gasteiger partial charge >= 0.3 is 0 Å². The third-order valence-corrected chi connectivity index (χ3v) is 1.92. The van der Waals surface area contributed by atoms with Crippen LogP contribution in [0.15, 0.2) is 23.5 Å². The molecule has 0 amide bonds. The van der Waals surface area contributed by atoms with Crippen molar-refractivity contribution in [3.05, 3.63) is 23.5 Å². The molecular formula is C9H18N4. The topological polar surface area (TPSA) is 76.1 Å². The molecule has 13 heavy (non-hydrogen) atoms. The monoisotopic (exact) mass is 182 g/mol. The van der Waals surface area contributed by atoms with Crippen molar-refractivity contribution in [1.29, 1.82) is 0 Å². The molecule has 0 aliphatic carbocycles. The summed E-state index contributed by atoms with van der Waals surface area (Å²) in [5, 5.41) is 6.37. The highest BCUT2D eigenvalue weighted by Crippen LogP contribution is 2.04. The van der Waals surface area contributed by atoms with Gasteiger partial charge in [0.2, 0.25) is 0 Å². The van der Waals surface area contributed by atoms with Gasteiger partial charge in [0, 0.05) is 17.4 Å². The van der Waals surface area contributed by atoms with E-state index in [2.05, 4.69) is 16.7 Å². The first kappa shape index (κ1) is 10.1. The van der Waals surface area contributed by atoms with Crippen molar-refractivity contribution >= 4 is 0 Å². The van der Waals surface area contributed by atoms with Crippen LogP contribution in [0.3, 0.4) is 0 Å². The number of rotatable bonds is 2. The van der Waals surface area contributed by atoms with Crippen LogP contribution in [0.25, 0.3) is 0 Å². The summed E-state index contributed by atoms with van der Waals surface area (Å²) < 4.78 is 0. The number of hydrogen-bond donors (Lipinski definition) is 4. The van der Waals surface area contributed by atoms with Crippen molar-refractivity contribution in [3.63, 3.8) is 0 Å². The van der Waals surface area contributed by atoms with Crippen molar-refractivity contribution < 1.29 is 0 Å². The SMILES string of the molecule is CC1=CC(/C(N)=C/C(C)N)NCN1. The van der Waals surface area contributed by atoms with Crippen molar-refractivity contribution in [3.8, 4) is 0 Å². The second kappa shape index (κ2) is 4.30. The molecule has 0 aromatic heterocycles. The van der Waals surface area contributed by atoms with Gasteiger partial charge in [-0.05, 0) is 26.0 Å². The van der Waals surface area contributed by atoms with Crippen LogP contribution < -0.4 is 22.1 Å². The van der Waals surface area contributed by atoms with Gasteiger partial charge in [-0.1, -0.05) is 0 Å². The summed E-state index contributed by atoms with van der Waals surface area (Å²) in [5.41, 5.74) is 13.4. The summed E-state index contributed by atoms with van der Waals surface area (Å²) in [4.78, 5) is 0. The van der Waals surface area contributed by atoms with Crippen molar-refractivity contribution in [1.82, 2.24) is 10.6 Å². The van der Waals surface area contributed by atoms with Gasteiger partial charge in [0.1, 0.15) is 0 Å². The fraction of sp³-hybridized carbons (Fsp3) is 0.556. The van der Waals surface area contributed by atoms with Crippen LogP contribution in [0.4, 0.5) is 0 Å². The summed E-state index contributed by atoms with van der Waals surface area (Å²) in [6.45, 7) is 4.68. The summed E-state index contributed by atoms with van der Waals surface area (Å²) >= 11 is 0. The Morgan fingerprint density at radius 3 is 3.00 bits per heavy atom. The predicted molar refractivity (Wildman–Crippen MR) is 54.6 cm³/mol. The Hall–Kier alpha value is -1.00. The van der Waals surface area contributed by atoms with Gasteiger partial charge in [-0.3, -0.25) is 5.32 Å². The molecule has 74 valence electrons. The standard InChI is InChI=1S/C9H18N4/c1-6(10)3-8(11)9-4-7(2)12-5-13-9/h3-4,6,9,12-13H,5,10-11H2,1-2H3/b8-3-. The zero-order chi connectivity index (χ0) is 9.84. The van der Waals surface area contributed by atoms with Gasteiger partial charge in [-0.25, -0.2) is 0 Å². The maximum atomic E-state index is 5.86. The van der Waals surface area contributed by atoms with E-state index in [-0.39, 0.29) is 12.1 Å². The van der Waals surface area contributed by atoms with E-state index in [4.69, 9.17) is 11.5 Å². The highest BCUT2D eigenvalue weighted by atomic mass is 15.1. The highest BCUT2D eigenvalue weighted by Gasteiger charge is 2.12. The van der Waals surface area contributed by atoms with Crippen LogP contribution in [-0.2, 0) is 0 Å². The van der Waals surface area contributed by atoms with E-state index in [1.807, 2.05) is 19.9 Å². The minimum Gasteiger partial charge on any atom is -0.401 e. The van der Waals surface area contributed by atoms with Gasteiger partial charge < -0.3 is 16.8 Å². The maximum absolute atomic E-state index is 5.86. The molecule has 1 aliphatic heterocycles. The second-order valence-electron chi connectivity index (χ2n) is 3.41. The molecule has 2 atom stereocenters. The molecule has 0 aromatic rings. The average Bonchev–Trinajstić information content (AvgIpc) is 2.03. The Morgan fingerprint density at radius 1 is 1.77 bits per heavy atom. The van der Waals surface area contributed by atoms with Gasteiger partial charge in [0.15, 0.2) is 0 Å². The molecule has 0 spiro atoms. The quantitative estimate of drug-likeness (QED) is 0.469. The highest BCUT2D eigenvalue weighted by molar-refractivity contribution is 5.21. The van der Waals surface area contributed by atoms with Crippen LogP contribution in [0.2, 0.25) is 0 Å². The third kappa shape index (κ3) is 3.08. The van der Waals surface area contributed by atoms with Crippen LogP contribution in [-0.4, -0.2) is 18.8 Å². The van der Waals surface area contributed by atoms with Crippen molar-refractivity contribution in [2.45, 2.75) is 25.9 Å². The Balaban J connectivity index is 2.66. The summed E-state index contributed by atoms with van der Waals surface area (Å²) in [6, 6.07) is 0.123. The van der Waals surface area contributed by atoms with Crippen molar-refractivity contribution in [2.75, 3.05) is 6.67 Å². The minimum atomic E-state index is 0.00499. The van der Waals surface area contributed by atoms with Crippen LogP contribution in [0.1, 0.15) is 13.8 Å². The fourth-order valence-corrected chi connectivity index (χ4v) is 1.29. The van der Waals surface area contributed by atoms with Gasteiger partial charge in [0.25, 0.3) is 0 Å². The summed E-state index contributed by atoms with van der Waals surface area (Å²) in [6.07, 6.45) is 3.92. The first-order valence-corrected chi connectivity index (χ1v) is 4.48. The van der Waals surface area contributed by atoms with E-state index in [0.29, 0.717) is 0 Å². The number of hydrogen-bond acceptors (Lipinski definition) is 4. The summed E-state index contributed by atoms with van der Waals surface area (Å²) in [7, 11) is 0. The zero-order valence-electron chi connectivity index (χ0n) is 8.17. The molecule has 4 heteroatoms. The van der Waals surface area contributed by atoms with Crippen LogP contribution in [0, 0.1) is 0 Å². The predicted octanol–water partition coefficient (Wildman–Crippen LogP) is -0.401. The van der Waals surface area contributed by atoms with Gasteiger partial charge in [0.05, 0.1) is 12.7 Å². The normalized spacial score (nSPS) is 26.2. The molecule has 0 saturated heterocycles. The fourth-order valence-electron chi connectivity index (χ4n) is 1.29. The van der Waals surface area contributed by atoms with E-state index in [0.717, 1.165) is 18.1 Å². The van der Waals surface area contributed by atoms with Crippen LogP contribution in [0.5, 0.6) is 0 Å². The molecular weight excluding hydrogens is 164 g/mol. The first-order chi connectivity index (χ1) is 6.09. The minimum absolute atomic E-state index is 0.00499. The second-order valence-corrected chi connectivity index (χ2v) is 3.41. The van der Waals surface area contributed by atoms with E-state index >= 15 is 0 Å². The smallest absolute Gasteiger partial charge is 0.0683 e. The number of allylic oxidation sites excluding steroid dienone is 1. The molecule has 6 N–H and O–H groups in total. The van der Waals surface area contributed by atoms with E-state index in [9.17, 15) is 0 Å². The van der Waals surface area contributed by atoms with E-state index < -0.39 is 0 Å². The Labute approximate surface area is 79.1 Å². The Bertz CT molecular complexity index is 230. The molecule has 4 nitrogen and oxygen atoms in total. The molecule has 0 radical (unpaired) electrons. The largest absolute Gasteiger partial charge is 0.401 e. The Morgan fingerprint density at radius 2 is 2.46 bits per heavy atom. The number of nitrogens with two attached hydrogens (primary N) is 2. The molecule has 2 unspecified atom stereocenters. The van der Waals surface area contributed by atoms with E-state index in [1.165, 1.54) is 0 Å². The van der Waals surface area contributed by atoms with E-state index in [1.54, 1.807) is 0 Å². The maximum Gasteiger partial charge on any atom is 0.0683 e. The lowest BCUT2D eigenvalue weighted by Gasteiger charge is -2.23. The average molecular weight is 182 g/mol. The van der Waals surface area contributed by atoms with Crippen LogP contribution >= 0.6 is 0 Å². The summed E-state index contributed by atoms with van der Waals surface area (Å²) in [5.74, 6) is 0. The lowest BCUT2D eigenvalue weighted by Crippen LogP contribution is -2.43. The Kier molecular flexibility index (Phi) is 3.33. The molecule has 0 saturated carbocycles. The molecule has 0 fully saturated rings. The third-order valence-electron chi connectivity index (χ3n) is 1.92. The molecule has 0 aromatic carbocycles. The number of nitrogens with one attached hydrogen (secondary N) is 2. The van der Waals surface area contributed by atoms with Crippen molar-refractivity contribution in [2.24, 2.45) is 11.5 Å². The molecule has 0 bridgehead atoms. The molecule has 1 aliphatic rings. The zero-order valence-corrected chi connectivity index (χ0v) is 8.17. The van der Waals surface area contributed by atoms with Gasteiger partial charge in [-0.2, -0.15) is 0 Å². The lowest BCUT2D eigenvalue weighted by atomic mass is 10.1. The molecule has 1 heterocycles. The van der Waals surface area contributed by atoms with Gasteiger partial charge in [-0.15, -0.1) is 0 Å².